The molecule has 4 aliphatic carbocycles. The summed E-state index contributed by atoms with van der Waals surface area (Å²) < 4.78 is 30.8. The number of rotatable bonds is 6. The summed E-state index contributed by atoms with van der Waals surface area (Å²) in [5.74, 6) is -0.829. The summed E-state index contributed by atoms with van der Waals surface area (Å²) >= 11 is 1.64. The number of aliphatic hydroxyl groups is 2. The zero-order valence-corrected chi connectivity index (χ0v) is 26.4. The van der Waals surface area contributed by atoms with Crippen molar-refractivity contribution in [3.05, 3.63) is 83.5 Å². The highest BCUT2D eigenvalue weighted by Gasteiger charge is 2.79. The molecule has 1 aliphatic heterocycles. The summed E-state index contributed by atoms with van der Waals surface area (Å²) in [6.45, 7) is 4.91. The number of carbonyl (C=O) groups is 2. The van der Waals surface area contributed by atoms with Crippen molar-refractivity contribution in [2.24, 2.45) is 28.6 Å². The van der Waals surface area contributed by atoms with E-state index in [1.807, 2.05) is 50.2 Å². The lowest BCUT2D eigenvalue weighted by Crippen LogP contribution is -2.70. The molecule has 9 heteroatoms. The zero-order valence-electron chi connectivity index (χ0n) is 25.6. The van der Waals surface area contributed by atoms with Gasteiger partial charge in [0.2, 0.25) is 0 Å². The van der Waals surface area contributed by atoms with Crippen LogP contribution in [0.5, 0.6) is 5.75 Å². The Morgan fingerprint density at radius 1 is 1.07 bits per heavy atom. The molecule has 0 radical (unpaired) electrons. The Labute approximate surface area is 266 Å². The number of benzene rings is 2. The van der Waals surface area contributed by atoms with Crippen molar-refractivity contribution >= 4 is 23.3 Å². The van der Waals surface area contributed by atoms with Gasteiger partial charge < -0.3 is 24.8 Å². The molecular formula is C36H39FO7S. The third-order valence-electron chi connectivity index (χ3n) is 11.8. The van der Waals surface area contributed by atoms with Crippen LogP contribution in [0.4, 0.5) is 4.39 Å². The topological polar surface area (TPSA) is 113 Å². The van der Waals surface area contributed by atoms with E-state index in [9.17, 15) is 24.9 Å². The van der Waals surface area contributed by atoms with Gasteiger partial charge in [-0.25, -0.2) is 4.39 Å². The fraction of sp³-hybridized carbons (Fsp3) is 0.500. The highest BCUT2D eigenvalue weighted by molar-refractivity contribution is 7.98. The molecule has 0 spiro atoms. The van der Waals surface area contributed by atoms with Crippen molar-refractivity contribution in [2.45, 2.75) is 80.4 Å². The summed E-state index contributed by atoms with van der Waals surface area (Å²) in [7, 11) is 0. The lowest BCUT2D eigenvalue weighted by Gasteiger charge is -2.63. The molecule has 2 aromatic rings. The van der Waals surface area contributed by atoms with Crippen LogP contribution in [0.15, 0.2) is 77.2 Å². The second-order valence-corrected chi connectivity index (χ2v) is 15.0. The Balaban J connectivity index is 1.17. The van der Waals surface area contributed by atoms with E-state index in [-0.39, 0.29) is 29.8 Å². The quantitative estimate of drug-likeness (QED) is 0.351. The van der Waals surface area contributed by atoms with Gasteiger partial charge in [0.05, 0.1) is 12.2 Å². The number of phenols is 1. The molecule has 0 bridgehead atoms. The molecule has 4 fully saturated rings. The maximum atomic E-state index is 17.7. The minimum atomic E-state index is -2.05. The van der Waals surface area contributed by atoms with Crippen molar-refractivity contribution in [1.29, 1.82) is 0 Å². The van der Waals surface area contributed by atoms with E-state index in [4.69, 9.17) is 9.47 Å². The molecule has 10 atom stereocenters. The Bertz CT molecular complexity index is 1590. The van der Waals surface area contributed by atoms with Crippen LogP contribution in [0.3, 0.4) is 0 Å². The summed E-state index contributed by atoms with van der Waals surface area (Å²) in [4.78, 5) is 27.1. The predicted molar refractivity (Wildman–Crippen MR) is 166 cm³/mol. The first-order chi connectivity index (χ1) is 21.4. The number of aliphatic hydroxyl groups excluding tert-OH is 2. The largest absolute Gasteiger partial charge is 0.508 e. The fourth-order valence-electron chi connectivity index (χ4n) is 9.59. The van der Waals surface area contributed by atoms with E-state index in [1.165, 1.54) is 12.2 Å². The number of aromatic hydroxyl groups is 1. The lowest BCUT2D eigenvalue weighted by atomic mass is 9.43. The van der Waals surface area contributed by atoms with Crippen LogP contribution in [-0.4, -0.2) is 57.0 Å². The molecule has 45 heavy (non-hydrogen) atoms. The van der Waals surface area contributed by atoms with E-state index in [0.717, 1.165) is 16.0 Å². The van der Waals surface area contributed by atoms with Crippen LogP contribution in [0.2, 0.25) is 0 Å². The molecule has 7 nitrogen and oxygen atoms in total. The monoisotopic (exact) mass is 634 g/mol. The van der Waals surface area contributed by atoms with Crippen molar-refractivity contribution in [2.75, 3.05) is 6.61 Å². The number of fused-ring (bicyclic) bond motifs is 7. The maximum Gasteiger partial charge on any atom is 0.193 e. The Morgan fingerprint density at radius 3 is 2.47 bits per heavy atom. The summed E-state index contributed by atoms with van der Waals surface area (Å²) in [5.41, 5.74) is -3.26. The van der Waals surface area contributed by atoms with Crippen LogP contribution in [0.25, 0.3) is 0 Å². The van der Waals surface area contributed by atoms with Crippen molar-refractivity contribution in [3.8, 4) is 5.75 Å². The average Bonchev–Trinajstić information content (AvgIpc) is 3.52. The molecule has 1 saturated heterocycles. The first-order valence-corrected chi connectivity index (χ1v) is 16.7. The minimum Gasteiger partial charge on any atom is -0.508 e. The van der Waals surface area contributed by atoms with Crippen LogP contribution in [-0.2, 0) is 24.8 Å². The number of ether oxygens (including phenoxy) is 2. The molecule has 3 N–H and O–H groups in total. The SMILES string of the molecule is C[C@H]1C[C@H]2[C@@H]3C[C@H]4O[C@@H](c5ccc(CSc6ccc(O)cc6)cc5)O[C@@]4(C(=O)CO)[C@@]3(C)C[C@H](O)[C@]2(F)[C@@]2(C)C=CC(=O)C=C12. The maximum absolute atomic E-state index is 17.7. The van der Waals surface area contributed by atoms with Gasteiger partial charge in [0.1, 0.15) is 12.4 Å². The Morgan fingerprint density at radius 2 is 1.78 bits per heavy atom. The van der Waals surface area contributed by atoms with Gasteiger partial charge in [0, 0.05) is 33.0 Å². The number of phenolic OH excluding ortho intramolecular Hbond substituents is 1. The molecule has 0 aromatic heterocycles. The van der Waals surface area contributed by atoms with Crippen molar-refractivity contribution in [1.82, 2.24) is 0 Å². The van der Waals surface area contributed by atoms with Crippen molar-refractivity contribution < 1.29 is 38.8 Å². The summed E-state index contributed by atoms with van der Waals surface area (Å²) in [6.07, 6.45) is 2.26. The fourth-order valence-corrected chi connectivity index (χ4v) is 10.4. The molecule has 238 valence electrons. The number of ketones is 2. The summed E-state index contributed by atoms with van der Waals surface area (Å²) in [6, 6.07) is 14.8. The third-order valence-corrected chi connectivity index (χ3v) is 12.8. The molecule has 7 rings (SSSR count). The van der Waals surface area contributed by atoms with Gasteiger partial charge >= 0.3 is 0 Å². The number of hydrogen-bond acceptors (Lipinski definition) is 8. The number of allylic oxidation sites excluding steroid dienone is 4. The predicted octanol–water partition coefficient (Wildman–Crippen LogP) is 5.63. The highest BCUT2D eigenvalue weighted by Crippen LogP contribution is 2.73. The number of halogens is 1. The Kier molecular flexibility index (Phi) is 7.26. The molecule has 1 heterocycles. The first kappa shape index (κ1) is 30.8. The van der Waals surface area contributed by atoms with Gasteiger partial charge in [-0.2, -0.15) is 0 Å². The van der Waals surface area contributed by atoms with Crippen LogP contribution in [0.1, 0.15) is 57.5 Å². The zero-order chi connectivity index (χ0) is 31.9. The number of hydrogen-bond donors (Lipinski definition) is 3. The van der Waals surface area contributed by atoms with Crippen molar-refractivity contribution in [3.63, 3.8) is 0 Å². The van der Waals surface area contributed by atoms with E-state index in [0.29, 0.717) is 24.2 Å². The first-order valence-electron chi connectivity index (χ1n) is 15.7. The minimum absolute atomic E-state index is 0.0462. The molecule has 3 saturated carbocycles. The molecule has 2 aromatic carbocycles. The van der Waals surface area contributed by atoms with Gasteiger partial charge in [0.25, 0.3) is 0 Å². The Hall–Kier alpha value is -2.82. The molecular weight excluding hydrogens is 595 g/mol. The normalized spacial score (nSPS) is 41.6. The van der Waals surface area contributed by atoms with Gasteiger partial charge in [-0.05, 0) is 80.0 Å². The number of carbonyl (C=O) groups excluding carboxylic acids is 2. The highest BCUT2D eigenvalue weighted by atomic mass is 32.2. The van der Waals surface area contributed by atoms with E-state index in [2.05, 4.69) is 0 Å². The van der Waals surface area contributed by atoms with Crippen LogP contribution >= 0.6 is 11.8 Å². The van der Waals surface area contributed by atoms with Gasteiger partial charge in [-0.15, -0.1) is 11.8 Å². The number of Topliss-reactive ketones (excluding diaryl/α,β-unsaturated/α-hetero) is 1. The van der Waals surface area contributed by atoms with E-state index >= 15 is 4.39 Å². The van der Waals surface area contributed by atoms with Crippen LogP contribution < -0.4 is 0 Å². The second-order valence-electron chi connectivity index (χ2n) is 13.9. The van der Waals surface area contributed by atoms with E-state index < -0.39 is 58.9 Å². The van der Waals surface area contributed by atoms with Gasteiger partial charge in [0.15, 0.2) is 29.1 Å². The third kappa shape index (κ3) is 4.23. The number of thioether (sulfide) groups is 1. The standard InChI is InChI=1S/C36H39FO7S/c1-20-14-28-27-16-31-36(30(42)18-38,34(27,3)17-29(41)35(28,37)33(2)13-12-24(40)15-26(20)33)44-32(43-31)22-6-4-21(5-7-22)19-45-25-10-8-23(39)9-11-25/h4-13,15,20,27-29,31-32,38-39,41H,14,16-19H2,1-3H3/t20-,27-,28-,29-,31+,32+,33-,34-,35-,36+/m0/s1. The smallest absolute Gasteiger partial charge is 0.193 e. The molecule has 0 unspecified atom stereocenters. The number of alkyl halides is 1. The second kappa shape index (κ2) is 10.6. The average molecular weight is 635 g/mol. The van der Waals surface area contributed by atoms with Gasteiger partial charge in [-0.1, -0.05) is 49.8 Å². The molecule has 0 amide bonds. The molecule has 5 aliphatic rings. The van der Waals surface area contributed by atoms with Crippen LogP contribution in [0, 0.1) is 28.6 Å². The lowest BCUT2D eigenvalue weighted by molar-refractivity contribution is -0.234. The van der Waals surface area contributed by atoms with Gasteiger partial charge in [-0.3, -0.25) is 9.59 Å². The van der Waals surface area contributed by atoms with E-state index in [1.54, 1.807) is 36.9 Å². The summed E-state index contributed by atoms with van der Waals surface area (Å²) in [5, 5.41) is 31.5.